The molecule has 1 aromatic rings. The van der Waals surface area contributed by atoms with Crippen molar-refractivity contribution in [2.24, 2.45) is 5.92 Å². The molecule has 1 aromatic heterocycles. The second-order valence-electron chi connectivity index (χ2n) is 3.93. The van der Waals surface area contributed by atoms with Gasteiger partial charge in [-0.2, -0.15) is 5.26 Å². The van der Waals surface area contributed by atoms with Gasteiger partial charge in [0.15, 0.2) is 5.69 Å². The van der Waals surface area contributed by atoms with Crippen molar-refractivity contribution in [3.05, 3.63) is 17.8 Å². The summed E-state index contributed by atoms with van der Waals surface area (Å²) in [6.07, 6.45) is 5.35. The quantitative estimate of drug-likeness (QED) is 0.810. The minimum atomic E-state index is 0.361. The molecule has 4 nitrogen and oxygen atoms in total. The van der Waals surface area contributed by atoms with Crippen LogP contribution >= 0.6 is 0 Å². The molecular weight excluding hydrogens is 188 g/mol. The second-order valence-corrected chi connectivity index (χ2v) is 3.93. The maximum atomic E-state index is 8.54. The summed E-state index contributed by atoms with van der Waals surface area (Å²) < 4.78 is 0. The van der Waals surface area contributed by atoms with Crippen LogP contribution < -0.4 is 5.32 Å². The van der Waals surface area contributed by atoms with Crippen LogP contribution in [0.5, 0.6) is 0 Å². The van der Waals surface area contributed by atoms with Gasteiger partial charge >= 0.3 is 0 Å². The van der Waals surface area contributed by atoms with Crippen LogP contribution in [0.1, 0.15) is 31.4 Å². The number of aromatic nitrogens is 2. The first-order valence-corrected chi connectivity index (χ1v) is 5.36. The summed E-state index contributed by atoms with van der Waals surface area (Å²) >= 11 is 0. The Kier molecular flexibility index (Phi) is 3.13. The van der Waals surface area contributed by atoms with Crippen molar-refractivity contribution >= 4 is 5.82 Å². The highest BCUT2D eigenvalue weighted by atomic mass is 15.2. The maximum Gasteiger partial charge on any atom is 0.163 e. The Balaban J connectivity index is 1.75. The fourth-order valence-corrected chi connectivity index (χ4v) is 1.67. The number of hydrogen-bond donors (Lipinski definition) is 1. The number of nitriles is 1. The van der Waals surface area contributed by atoms with Gasteiger partial charge in [-0.1, -0.05) is 19.3 Å². The molecule has 4 heteroatoms. The van der Waals surface area contributed by atoms with Gasteiger partial charge in [-0.05, 0) is 24.5 Å². The fraction of sp³-hybridized carbons (Fsp3) is 0.545. The standard InChI is InChI=1S/C11H14N4/c12-8-10-4-5-11(15-14-10)13-7-6-9-2-1-3-9/h4-5,9H,1-3,6-7H2,(H,13,15). The number of anilines is 1. The van der Waals surface area contributed by atoms with E-state index in [2.05, 4.69) is 15.5 Å². The molecule has 1 N–H and O–H groups in total. The number of nitrogens with one attached hydrogen (secondary N) is 1. The van der Waals surface area contributed by atoms with E-state index in [-0.39, 0.29) is 0 Å². The first-order chi connectivity index (χ1) is 7.38. The predicted molar refractivity (Wildman–Crippen MR) is 57.2 cm³/mol. The van der Waals surface area contributed by atoms with Crippen molar-refractivity contribution < 1.29 is 0 Å². The highest BCUT2D eigenvalue weighted by Crippen LogP contribution is 2.28. The molecule has 0 bridgehead atoms. The molecule has 0 amide bonds. The summed E-state index contributed by atoms with van der Waals surface area (Å²) in [4.78, 5) is 0. The Morgan fingerprint density at radius 2 is 2.27 bits per heavy atom. The molecule has 0 spiro atoms. The van der Waals surface area contributed by atoms with Crippen LogP contribution in [0.2, 0.25) is 0 Å². The Labute approximate surface area is 89.3 Å². The molecule has 1 aliphatic rings. The van der Waals surface area contributed by atoms with E-state index in [4.69, 9.17) is 5.26 Å². The van der Waals surface area contributed by atoms with Gasteiger partial charge in [-0.15, -0.1) is 10.2 Å². The molecule has 0 saturated heterocycles. The molecule has 0 aromatic carbocycles. The minimum Gasteiger partial charge on any atom is -0.369 e. The third kappa shape index (κ3) is 2.66. The van der Waals surface area contributed by atoms with Gasteiger partial charge in [0, 0.05) is 6.54 Å². The van der Waals surface area contributed by atoms with Crippen molar-refractivity contribution in [1.82, 2.24) is 10.2 Å². The lowest BCUT2D eigenvalue weighted by atomic mass is 9.83. The molecule has 0 unspecified atom stereocenters. The molecule has 1 saturated carbocycles. The monoisotopic (exact) mass is 202 g/mol. The summed E-state index contributed by atoms with van der Waals surface area (Å²) in [5.41, 5.74) is 0.361. The van der Waals surface area contributed by atoms with Gasteiger partial charge in [0.25, 0.3) is 0 Å². The summed E-state index contributed by atoms with van der Waals surface area (Å²) in [5.74, 6) is 1.66. The molecule has 15 heavy (non-hydrogen) atoms. The lowest BCUT2D eigenvalue weighted by Crippen LogP contribution is -2.16. The molecule has 1 fully saturated rings. The Bertz CT molecular complexity index is 348. The predicted octanol–water partition coefficient (Wildman–Crippen LogP) is 1.95. The van der Waals surface area contributed by atoms with Crippen LogP contribution in [-0.2, 0) is 0 Å². The van der Waals surface area contributed by atoms with Gasteiger partial charge in [0.05, 0.1) is 0 Å². The zero-order valence-corrected chi connectivity index (χ0v) is 8.61. The Morgan fingerprint density at radius 3 is 2.80 bits per heavy atom. The maximum absolute atomic E-state index is 8.54. The molecule has 78 valence electrons. The van der Waals surface area contributed by atoms with Crippen molar-refractivity contribution in [3.63, 3.8) is 0 Å². The van der Waals surface area contributed by atoms with Crippen molar-refractivity contribution in [2.45, 2.75) is 25.7 Å². The molecule has 0 aliphatic heterocycles. The molecule has 1 aliphatic carbocycles. The van der Waals surface area contributed by atoms with E-state index in [1.165, 1.54) is 25.7 Å². The Hall–Kier alpha value is -1.63. The van der Waals surface area contributed by atoms with Gasteiger partial charge in [0.2, 0.25) is 0 Å². The van der Waals surface area contributed by atoms with E-state index < -0.39 is 0 Å². The van der Waals surface area contributed by atoms with Crippen LogP contribution in [0.3, 0.4) is 0 Å². The summed E-state index contributed by atoms with van der Waals surface area (Å²) in [5, 5.41) is 19.4. The highest BCUT2D eigenvalue weighted by Gasteiger charge is 2.16. The van der Waals surface area contributed by atoms with Gasteiger partial charge < -0.3 is 5.32 Å². The lowest BCUT2D eigenvalue weighted by Gasteiger charge is -2.25. The highest BCUT2D eigenvalue weighted by molar-refractivity contribution is 5.34. The third-order valence-electron chi connectivity index (χ3n) is 2.86. The first-order valence-electron chi connectivity index (χ1n) is 5.36. The van der Waals surface area contributed by atoms with Gasteiger partial charge in [-0.25, -0.2) is 0 Å². The number of hydrogen-bond acceptors (Lipinski definition) is 4. The van der Waals surface area contributed by atoms with E-state index in [0.29, 0.717) is 5.69 Å². The van der Waals surface area contributed by atoms with Crippen LogP contribution in [0, 0.1) is 17.2 Å². The average Bonchev–Trinajstić information content (AvgIpc) is 2.23. The van der Waals surface area contributed by atoms with Crippen LogP contribution in [0.4, 0.5) is 5.82 Å². The Morgan fingerprint density at radius 1 is 1.40 bits per heavy atom. The molecule has 1 heterocycles. The second kappa shape index (κ2) is 4.74. The van der Waals surface area contributed by atoms with Crippen LogP contribution in [-0.4, -0.2) is 16.7 Å². The normalized spacial score (nSPS) is 15.4. The molecule has 0 atom stereocenters. The SMILES string of the molecule is N#Cc1ccc(NCCC2CCC2)nn1. The zero-order valence-electron chi connectivity index (χ0n) is 8.61. The first kappa shape index (κ1) is 9.91. The number of rotatable bonds is 4. The van der Waals surface area contributed by atoms with E-state index in [1.807, 2.05) is 6.07 Å². The van der Waals surface area contributed by atoms with E-state index in [0.717, 1.165) is 18.3 Å². The summed E-state index contributed by atoms with van der Waals surface area (Å²) in [6.45, 7) is 0.950. The van der Waals surface area contributed by atoms with Crippen LogP contribution in [0.15, 0.2) is 12.1 Å². The van der Waals surface area contributed by atoms with E-state index >= 15 is 0 Å². The zero-order chi connectivity index (χ0) is 10.5. The van der Waals surface area contributed by atoms with E-state index in [9.17, 15) is 0 Å². The van der Waals surface area contributed by atoms with Gasteiger partial charge in [0.1, 0.15) is 11.9 Å². The summed E-state index contributed by atoms with van der Waals surface area (Å²) in [6, 6.07) is 5.42. The molecular formula is C11H14N4. The number of nitrogens with zero attached hydrogens (tertiary/aromatic N) is 3. The largest absolute Gasteiger partial charge is 0.369 e. The summed E-state index contributed by atoms with van der Waals surface area (Å²) in [7, 11) is 0. The van der Waals surface area contributed by atoms with Crippen LogP contribution in [0.25, 0.3) is 0 Å². The average molecular weight is 202 g/mol. The van der Waals surface area contributed by atoms with Gasteiger partial charge in [-0.3, -0.25) is 0 Å². The van der Waals surface area contributed by atoms with Crippen molar-refractivity contribution in [1.29, 1.82) is 5.26 Å². The molecule has 2 rings (SSSR count). The molecule has 0 radical (unpaired) electrons. The minimum absolute atomic E-state index is 0.361. The smallest absolute Gasteiger partial charge is 0.163 e. The topological polar surface area (TPSA) is 61.6 Å². The third-order valence-corrected chi connectivity index (χ3v) is 2.86. The van der Waals surface area contributed by atoms with Crippen molar-refractivity contribution in [2.75, 3.05) is 11.9 Å². The fourth-order valence-electron chi connectivity index (χ4n) is 1.67. The van der Waals surface area contributed by atoms with E-state index in [1.54, 1.807) is 12.1 Å². The van der Waals surface area contributed by atoms with Crippen molar-refractivity contribution in [3.8, 4) is 6.07 Å². The lowest BCUT2D eigenvalue weighted by molar-refractivity contribution is 0.303.